The Kier molecular flexibility index (Phi) is 7.34. The third-order valence-corrected chi connectivity index (χ3v) is 3.99. The number of piperazine rings is 1. The summed E-state index contributed by atoms with van der Waals surface area (Å²) in [7, 11) is 0. The molecule has 1 aliphatic rings. The van der Waals surface area contributed by atoms with Crippen molar-refractivity contribution in [1.82, 2.24) is 10.2 Å². The molecule has 1 aromatic carbocycles. The smallest absolute Gasteiger partial charge is 0.149 e. The summed E-state index contributed by atoms with van der Waals surface area (Å²) in [5, 5.41) is 3.25. The van der Waals surface area contributed by atoms with Crippen molar-refractivity contribution in [1.29, 1.82) is 0 Å². The Labute approximate surface area is 136 Å². The maximum atomic E-state index is 14.3. The second-order valence-corrected chi connectivity index (χ2v) is 6.10. The molecule has 0 radical (unpaired) electrons. The van der Waals surface area contributed by atoms with Gasteiger partial charge in [0, 0.05) is 37.8 Å². The second kappa shape index (κ2) is 8.28. The normalized spacial score (nSPS) is 17.6. The molecule has 2 rings (SSSR count). The van der Waals surface area contributed by atoms with E-state index in [0.29, 0.717) is 12.3 Å². The first-order chi connectivity index (χ1) is 9.50. The van der Waals surface area contributed by atoms with Crippen molar-refractivity contribution >= 4 is 24.0 Å². The molecule has 21 heavy (non-hydrogen) atoms. The molecule has 0 bridgehead atoms. The minimum atomic E-state index is -0.615. The fourth-order valence-electron chi connectivity index (χ4n) is 2.74. The van der Waals surface area contributed by atoms with Crippen LogP contribution in [-0.4, -0.2) is 31.1 Å². The van der Waals surface area contributed by atoms with Crippen LogP contribution in [0, 0.1) is 17.6 Å². The third kappa shape index (κ3) is 4.52. The number of hydrogen-bond donors (Lipinski definition) is 1. The number of rotatable bonds is 4. The van der Waals surface area contributed by atoms with Gasteiger partial charge in [0.2, 0.25) is 0 Å². The van der Waals surface area contributed by atoms with Gasteiger partial charge in [0.1, 0.15) is 11.6 Å². The van der Waals surface area contributed by atoms with Gasteiger partial charge in [-0.1, -0.05) is 25.4 Å². The van der Waals surface area contributed by atoms with Crippen LogP contribution in [0.15, 0.2) is 12.1 Å². The highest BCUT2D eigenvalue weighted by Gasteiger charge is 2.29. The highest BCUT2D eigenvalue weighted by atomic mass is 35.5. The van der Waals surface area contributed by atoms with E-state index in [2.05, 4.69) is 24.1 Å². The summed E-state index contributed by atoms with van der Waals surface area (Å²) in [6.45, 7) is 7.41. The zero-order valence-electron chi connectivity index (χ0n) is 12.3. The molecule has 1 atom stereocenters. The molecule has 0 spiro atoms. The molecule has 2 nitrogen and oxygen atoms in total. The van der Waals surface area contributed by atoms with Gasteiger partial charge in [0.25, 0.3) is 0 Å². The van der Waals surface area contributed by atoms with Gasteiger partial charge in [0.05, 0.1) is 5.02 Å². The Morgan fingerprint density at radius 3 is 2.43 bits per heavy atom. The predicted octanol–water partition coefficient (Wildman–Crippen LogP) is 4.03. The van der Waals surface area contributed by atoms with Crippen molar-refractivity contribution in [2.45, 2.75) is 26.3 Å². The Balaban J connectivity index is 0.00000220. The lowest BCUT2D eigenvalue weighted by Crippen LogP contribution is -2.45. The second-order valence-electron chi connectivity index (χ2n) is 5.69. The molecule has 6 heteroatoms. The Morgan fingerprint density at radius 2 is 1.86 bits per heavy atom. The summed E-state index contributed by atoms with van der Waals surface area (Å²) in [6, 6.07) is 2.28. The van der Waals surface area contributed by atoms with Crippen LogP contribution < -0.4 is 5.32 Å². The summed E-state index contributed by atoms with van der Waals surface area (Å²) in [5.74, 6) is -0.764. The van der Waals surface area contributed by atoms with Crippen LogP contribution in [0.25, 0.3) is 0 Å². The Morgan fingerprint density at radius 1 is 1.24 bits per heavy atom. The summed E-state index contributed by atoms with van der Waals surface area (Å²) < 4.78 is 28.4. The van der Waals surface area contributed by atoms with E-state index in [1.54, 1.807) is 0 Å². The van der Waals surface area contributed by atoms with Crippen molar-refractivity contribution in [3.8, 4) is 0 Å². The average Bonchev–Trinajstić information content (AvgIpc) is 2.43. The molecule has 0 amide bonds. The van der Waals surface area contributed by atoms with E-state index in [1.165, 1.54) is 12.1 Å². The summed E-state index contributed by atoms with van der Waals surface area (Å²) in [4.78, 5) is 2.15. The predicted molar refractivity (Wildman–Crippen MR) is 85.3 cm³/mol. The summed E-state index contributed by atoms with van der Waals surface area (Å²) >= 11 is 5.83. The molecule has 0 aromatic heterocycles. The first-order valence-electron chi connectivity index (χ1n) is 7.09. The van der Waals surface area contributed by atoms with E-state index >= 15 is 0 Å². The molecule has 1 aliphatic heterocycles. The van der Waals surface area contributed by atoms with Crippen LogP contribution in [0.1, 0.15) is 31.9 Å². The molecular weight excluding hydrogens is 317 g/mol. The van der Waals surface area contributed by atoms with Gasteiger partial charge < -0.3 is 5.32 Å². The fraction of sp³-hybridized carbons (Fsp3) is 0.600. The lowest BCUT2D eigenvalue weighted by molar-refractivity contribution is 0.147. The van der Waals surface area contributed by atoms with E-state index < -0.39 is 11.6 Å². The highest BCUT2D eigenvalue weighted by molar-refractivity contribution is 6.30. The first-order valence-corrected chi connectivity index (χ1v) is 7.46. The van der Waals surface area contributed by atoms with Crippen molar-refractivity contribution in [2.75, 3.05) is 26.2 Å². The largest absolute Gasteiger partial charge is 0.314 e. The molecule has 120 valence electrons. The number of nitrogens with one attached hydrogen (secondary N) is 1. The van der Waals surface area contributed by atoms with Crippen LogP contribution in [0.2, 0.25) is 5.02 Å². The van der Waals surface area contributed by atoms with E-state index in [0.717, 1.165) is 26.2 Å². The zero-order chi connectivity index (χ0) is 14.7. The van der Waals surface area contributed by atoms with Crippen LogP contribution >= 0.6 is 24.0 Å². The van der Waals surface area contributed by atoms with Gasteiger partial charge >= 0.3 is 0 Å². The molecule has 0 saturated carbocycles. The van der Waals surface area contributed by atoms with Crippen LogP contribution in [0.4, 0.5) is 8.78 Å². The monoisotopic (exact) mass is 338 g/mol. The van der Waals surface area contributed by atoms with Crippen molar-refractivity contribution in [3.63, 3.8) is 0 Å². The number of halogens is 4. The fourth-order valence-corrected chi connectivity index (χ4v) is 2.90. The van der Waals surface area contributed by atoms with Gasteiger partial charge in [-0.15, -0.1) is 12.4 Å². The molecular formula is C15H22Cl2F2N2. The Hall–Kier alpha value is -0.420. The molecule has 1 aromatic rings. The molecule has 0 aliphatic carbocycles. The maximum Gasteiger partial charge on any atom is 0.149 e. The minimum absolute atomic E-state index is 0. The van der Waals surface area contributed by atoms with Crippen molar-refractivity contribution in [2.24, 2.45) is 5.92 Å². The van der Waals surface area contributed by atoms with Crippen LogP contribution in [0.3, 0.4) is 0 Å². The standard InChI is InChI=1S/C15H21ClF2N2.ClH/c1-10(2)9-13(20-7-5-19-6-8-20)14-12(17)4-3-11(16)15(14)18;/h3-4,10,13,19H,5-9H2,1-2H3;1H/t13-;/m0./s1. The van der Waals surface area contributed by atoms with Gasteiger partial charge in [-0.3, -0.25) is 4.90 Å². The summed E-state index contributed by atoms with van der Waals surface area (Å²) in [5.41, 5.74) is 0.119. The lowest BCUT2D eigenvalue weighted by atomic mass is 9.94. The summed E-state index contributed by atoms with van der Waals surface area (Å²) in [6.07, 6.45) is 0.716. The van der Waals surface area contributed by atoms with Gasteiger partial charge in [0.15, 0.2) is 0 Å². The Bertz CT molecular complexity index is 463. The highest BCUT2D eigenvalue weighted by Crippen LogP contribution is 2.34. The maximum absolute atomic E-state index is 14.3. The third-order valence-electron chi connectivity index (χ3n) is 3.70. The van der Waals surface area contributed by atoms with Gasteiger partial charge in [-0.2, -0.15) is 0 Å². The lowest BCUT2D eigenvalue weighted by Gasteiger charge is -2.36. The number of benzene rings is 1. The molecule has 0 unspecified atom stereocenters. The minimum Gasteiger partial charge on any atom is -0.314 e. The van der Waals surface area contributed by atoms with Crippen molar-refractivity contribution < 1.29 is 8.78 Å². The number of nitrogens with zero attached hydrogens (tertiary/aromatic N) is 1. The first kappa shape index (κ1) is 18.6. The number of hydrogen-bond acceptors (Lipinski definition) is 2. The molecule has 1 saturated heterocycles. The van der Waals surface area contributed by atoms with Gasteiger partial charge in [-0.25, -0.2) is 8.78 Å². The average molecular weight is 339 g/mol. The van der Waals surface area contributed by atoms with E-state index in [4.69, 9.17) is 11.6 Å². The molecule has 1 fully saturated rings. The van der Waals surface area contributed by atoms with E-state index in [-0.39, 0.29) is 29.0 Å². The van der Waals surface area contributed by atoms with E-state index in [1.807, 2.05) is 0 Å². The van der Waals surface area contributed by atoms with Crippen LogP contribution in [-0.2, 0) is 0 Å². The molecule has 1 heterocycles. The zero-order valence-corrected chi connectivity index (χ0v) is 13.9. The SMILES string of the molecule is CC(C)C[C@@H](c1c(F)ccc(Cl)c1F)N1CCNCC1.Cl. The van der Waals surface area contributed by atoms with Gasteiger partial charge in [-0.05, 0) is 24.5 Å². The van der Waals surface area contributed by atoms with Crippen molar-refractivity contribution in [3.05, 3.63) is 34.4 Å². The topological polar surface area (TPSA) is 15.3 Å². The van der Waals surface area contributed by atoms with Crippen LogP contribution in [0.5, 0.6) is 0 Å². The molecule has 1 N–H and O–H groups in total. The van der Waals surface area contributed by atoms with E-state index in [9.17, 15) is 8.78 Å². The quantitative estimate of drug-likeness (QED) is 0.833.